The summed E-state index contributed by atoms with van der Waals surface area (Å²) in [7, 11) is 0. The number of hydrogen-bond donors (Lipinski definition) is 0. The first-order chi connectivity index (χ1) is 8.74. The Hall–Kier alpha value is -1.15. The summed E-state index contributed by atoms with van der Waals surface area (Å²) in [6.45, 7) is 0. The Morgan fingerprint density at radius 3 is 2.94 bits per heavy atom. The van der Waals surface area contributed by atoms with Crippen LogP contribution in [0.1, 0.15) is 0 Å². The van der Waals surface area contributed by atoms with E-state index in [0.717, 1.165) is 9.32 Å². The topological polar surface area (TPSA) is 39.4 Å². The van der Waals surface area contributed by atoms with Gasteiger partial charge in [0, 0.05) is 18.6 Å². The van der Waals surface area contributed by atoms with Gasteiger partial charge < -0.3 is 4.74 Å². The third-order valence-corrected chi connectivity index (χ3v) is 3.63. The second kappa shape index (κ2) is 4.85. The van der Waals surface area contributed by atoms with Crippen molar-refractivity contribution in [2.24, 2.45) is 0 Å². The van der Waals surface area contributed by atoms with E-state index in [-0.39, 0.29) is 0 Å². The molecule has 0 aliphatic heterocycles. The van der Waals surface area contributed by atoms with Gasteiger partial charge in [-0.2, -0.15) is 0 Å². The zero-order valence-electron chi connectivity index (χ0n) is 9.05. The van der Waals surface area contributed by atoms with Crippen molar-refractivity contribution in [1.29, 1.82) is 0 Å². The van der Waals surface area contributed by atoms with Crippen LogP contribution in [0.25, 0.3) is 5.65 Å². The Kier molecular flexibility index (Phi) is 3.21. The molecule has 0 bridgehead atoms. The molecule has 3 aromatic rings. The summed E-state index contributed by atoms with van der Waals surface area (Å²) < 4.78 is 9.42. The number of ether oxygens (including phenoxy) is 1. The van der Waals surface area contributed by atoms with Gasteiger partial charge in [0.1, 0.15) is 10.4 Å². The van der Waals surface area contributed by atoms with E-state index in [1.54, 1.807) is 6.20 Å². The van der Waals surface area contributed by atoms with E-state index in [1.807, 2.05) is 41.1 Å². The number of fused-ring (bicyclic) bond motifs is 1. The van der Waals surface area contributed by atoms with Crippen molar-refractivity contribution in [2.75, 3.05) is 0 Å². The highest BCUT2D eigenvalue weighted by atomic mass is 127. The van der Waals surface area contributed by atoms with Crippen molar-refractivity contribution >= 4 is 44.2 Å². The van der Waals surface area contributed by atoms with Crippen molar-refractivity contribution in [3.05, 3.63) is 51.0 Å². The molecule has 6 heteroatoms. The Bertz CT molecular complexity index is 713. The highest BCUT2D eigenvalue weighted by Gasteiger charge is 2.10. The lowest BCUT2D eigenvalue weighted by atomic mass is 10.3. The van der Waals surface area contributed by atoms with Gasteiger partial charge in [0.25, 0.3) is 5.88 Å². The van der Waals surface area contributed by atoms with Crippen LogP contribution < -0.4 is 4.74 Å². The number of hydrogen-bond acceptors (Lipinski definition) is 3. The lowest BCUT2D eigenvalue weighted by molar-refractivity contribution is 0.460. The van der Waals surface area contributed by atoms with E-state index in [1.165, 1.54) is 0 Å². The number of aromatic nitrogens is 3. The second-order valence-corrected chi connectivity index (χ2v) is 5.53. The minimum Gasteiger partial charge on any atom is -0.435 e. The van der Waals surface area contributed by atoms with E-state index < -0.39 is 0 Å². The third kappa shape index (κ3) is 2.22. The first kappa shape index (κ1) is 11.9. The lowest BCUT2D eigenvalue weighted by Crippen LogP contribution is -1.95. The van der Waals surface area contributed by atoms with E-state index in [2.05, 4.69) is 48.5 Å². The monoisotopic (exact) mass is 415 g/mol. The maximum Gasteiger partial charge on any atom is 0.265 e. The zero-order chi connectivity index (χ0) is 12.5. The van der Waals surface area contributed by atoms with Gasteiger partial charge in [0.05, 0.1) is 3.57 Å². The number of para-hydroxylation sites is 1. The molecule has 0 saturated carbocycles. The predicted octanol–water partition coefficient (Wildman–Crippen LogP) is 3.89. The van der Waals surface area contributed by atoms with Gasteiger partial charge in [-0.25, -0.2) is 9.97 Å². The van der Waals surface area contributed by atoms with Crippen LogP contribution in [0.3, 0.4) is 0 Å². The van der Waals surface area contributed by atoms with Crippen LogP contribution >= 0.6 is 38.5 Å². The molecule has 0 fully saturated rings. The van der Waals surface area contributed by atoms with Crippen LogP contribution in [-0.2, 0) is 0 Å². The summed E-state index contributed by atoms with van der Waals surface area (Å²) in [5.41, 5.74) is 0.692. The van der Waals surface area contributed by atoms with Gasteiger partial charge in [-0.15, -0.1) is 0 Å². The van der Waals surface area contributed by atoms with Gasteiger partial charge in [0.2, 0.25) is 5.65 Å². The van der Waals surface area contributed by atoms with Crippen molar-refractivity contribution < 1.29 is 4.74 Å². The first-order valence-corrected chi connectivity index (χ1v) is 7.03. The maximum absolute atomic E-state index is 5.83. The highest BCUT2D eigenvalue weighted by molar-refractivity contribution is 14.1. The van der Waals surface area contributed by atoms with Crippen molar-refractivity contribution in [1.82, 2.24) is 14.4 Å². The predicted molar refractivity (Wildman–Crippen MR) is 79.9 cm³/mol. The first-order valence-electron chi connectivity index (χ1n) is 5.15. The van der Waals surface area contributed by atoms with Crippen LogP contribution in [0.4, 0.5) is 0 Å². The Morgan fingerprint density at radius 2 is 2.11 bits per heavy atom. The molecule has 18 heavy (non-hydrogen) atoms. The Morgan fingerprint density at radius 1 is 1.28 bits per heavy atom. The quantitative estimate of drug-likeness (QED) is 0.596. The summed E-state index contributed by atoms with van der Waals surface area (Å²) >= 11 is 5.58. The molecule has 0 N–H and O–H groups in total. The van der Waals surface area contributed by atoms with E-state index in [0.29, 0.717) is 16.1 Å². The number of benzene rings is 1. The molecule has 0 radical (unpaired) electrons. The second-order valence-electron chi connectivity index (χ2n) is 3.56. The molecule has 2 aromatic heterocycles. The fourth-order valence-electron chi connectivity index (χ4n) is 1.57. The van der Waals surface area contributed by atoms with Crippen LogP contribution in [0.15, 0.2) is 47.5 Å². The zero-order valence-corrected chi connectivity index (χ0v) is 12.8. The average Bonchev–Trinajstić information content (AvgIpc) is 2.80. The van der Waals surface area contributed by atoms with Gasteiger partial charge in [-0.3, -0.25) is 4.40 Å². The average molecular weight is 416 g/mol. The van der Waals surface area contributed by atoms with E-state index in [4.69, 9.17) is 4.74 Å². The largest absolute Gasteiger partial charge is 0.435 e. The molecule has 0 saturated heterocycles. The molecule has 0 unspecified atom stereocenters. The number of imidazole rings is 1. The molecule has 90 valence electrons. The lowest BCUT2D eigenvalue weighted by Gasteiger charge is -2.07. The van der Waals surface area contributed by atoms with Crippen molar-refractivity contribution in [3.63, 3.8) is 0 Å². The van der Waals surface area contributed by atoms with Crippen LogP contribution in [-0.4, -0.2) is 14.4 Å². The molecule has 2 heterocycles. The summed E-state index contributed by atoms with van der Waals surface area (Å²) in [4.78, 5) is 8.56. The standard InChI is InChI=1S/C12H7BrIN3O/c13-10-7-17-6-5-15-11(17)12(16-10)18-9-4-2-1-3-8(9)14/h1-7H. The smallest absolute Gasteiger partial charge is 0.265 e. The minimum absolute atomic E-state index is 0.485. The number of rotatable bonds is 2. The summed E-state index contributed by atoms with van der Waals surface area (Å²) in [6.07, 6.45) is 5.40. The molecule has 0 aliphatic carbocycles. The molecular weight excluding hydrogens is 409 g/mol. The van der Waals surface area contributed by atoms with Gasteiger partial charge >= 0.3 is 0 Å². The van der Waals surface area contributed by atoms with E-state index >= 15 is 0 Å². The fraction of sp³-hybridized carbons (Fsp3) is 0. The molecule has 0 spiro atoms. The molecule has 3 rings (SSSR count). The molecule has 4 nitrogen and oxygen atoms in total. The molecular formula is C12H7BrIN3O. The normalized spacial score (nSPS) is 10.8. The van der Waals surface area contributed by atoms with Gasteiger partial charge in [-0.1, -0.05) is 12.1 Å². The van der Waals surface area contributed by atoms with Crippen LogP contribution in [0.5, 0.6) is 11.6 Å². The Balaban J connectivity index is 2.10. The van der Waals surface area contributed by atoms with Crippen LogP contribution in [0, 0.1) is 3.57 Å². The summed E-state index contributed by atoms with van der Waals surface area (Å²) in [5, 5.41) is 0. The highest BCUT2D eigenvalue weighted by Crippen LogP contribution is 2.28. The van der Waals surface area contributed by atoms with Crippen molar-refractivity contribution in [2.45, 2.75) is 0 Å². The molecule has 0 aliphatic rings. The van der Waals surface area contributed by atoms with Crippen molar-refractivity contribution in [3.8, 4) is 11.6 Å². The number of halogens is 2. The van der Waals surface area contributed by atoms with Gasteiger partial charge in [0.15, 0.2) is 0 Å². The molecule has 0 amide bonds. The SMILES string of the molecule is Brc1cn2ccnc2c(Oc2ccccc2I)n1. The maximum atomic E-state index is 5.83. The minimum atomic E-state index is 0.485. The third-order valence-electron chi connectivity index (χ3n) is 2.36. The fourth-order valence-corrected chi connectivity index (χ4v) is 2.45. The van der Waals surface area contributed by atoms with E-state index in [9.17, 15) is 0 Å². The molecule has 0 atom stereocenters. The summed E-state index contributed by atoms with van der Waals surface area (Å²) in [6, 6.07) is 7.78. The Labute approximate surface area is 125 Å². The van der Waals surface area contributed by atoms with Gasteiger partial charge in [-0.05, 0) is 50.7 Å². The molecule has 1 aromatic carbocycles. The summed E-state index contributed by atoms with van der Waals surface area (Å²) in [5.74, 6) is 1.26. The number of nitrogens with zero attached hydrogens (tertiary/aromatic N) is 3. The van der Waals surface area contributed by atoms with Crippen LogP contribution in [0.2, 0.25) is 0 Å².